The Balaban J connectivity index is 1.58. The van der Waals surface area contributed by atoms with Gasteiger partial charge in [-0.3, -0.25) is 0 Å². The summed E-state index contributed by atoms with van der Waals surface area (Å²) in [6.07, 6.45) is 2.70. The topological polar surface area (TPSA) is 21.3 Å². The Labute approximate surface area is 116 Å². The van der Waals surface area contributed by atoms with Gasteiger partial charge in [0, 0.05) is 24.2 Å². The van der Waals surface area contributed by atoms with E-state index in [9.17, 15) is 0 Å². The van der Waals surface area contributed by atoms with Gasteiger partial charge < -0.3 is 10.1 Å². The fourth-order valence-corrected chi connectivity index (χ4v) is 2.01. The van der Waals surface area contributed by atoms with E-state index >= 15 is 0 Å². The van der Waals surface area contributed by atoms with Gasteiger partial charge in [0.1, 0.15) is 0 Å². The Morgan fingerprint density at radius 2 is 2.24 bits per heavy atom. The van der Waals surface area contributed by atoms with Gasteiger partial charge in [0.2, 0.25) is 0 Å². The van der Waals surface area contributed by atoms with Crippen molar-refractivity contribution in [3.63, 3.8) is 0 Å². The Kier molecular flexibility index (Phi) is 5.29. The largest absolute Gasteiger partial charge is 0.380 e. The molecule has 1 aliphatic carbocycles. The first-order valence-corrected chi connectivity index (χ1v) is 7.15. The smallest absolute Gasteiger partial charge is 0.0591 e. The molecule has 1 N–H and O–H groups in total. The van der Waals surface area contributed by atoms with Crippen molar-refractivity contribution in [2.45, 2.75) is 19.4 Å². The zero-order chi connectivity index (χ0) is 12.1. The molecule has 94 valence electrons. The molecule has 1 aromatic rings. The summed E-state index contributed by atoms with van der Waals surface area (Å²) in [5.41, 5.74) is 1.19. The van der Waals surface area contributed by atoms with Crippen LogP contribution in [0, 0.1) is 5.92 Å². The molecular formula is C13H17BrClNO. The van der Waals surface area contributed by atoms with Crippen molar-refractivity contribution >= 4 is 27.5 Å². The normalized spacial score (nSPS) is 15.2. The number of halogens is 2. The van der Waals surface area contributed by atoms with Gasteiger partial charge in [0.15, 0.2) is 0 Å². The van der Waals surface area contributed by atoms with Crippen molar-refractivity contribution in [3.05, 3.63) is 33.3 Å². The van der Waals surface area contributed by atoms with E-state index < -0.39 is 0 Å². The fraction of sp³-hybridized carbons (Fsp3) is 0.538. The molecule has 0 radical (unpaired) electrons. The van der Waals surface area contributed by atoms with Crippen molar-refractivity contribution < 1.29 is 4.74 Å². The van der Waals surface area contributed by atoms with E-state index in [2.05, 4.69) is 27.3 Å². The molecule has 1 fully saturated rings. The molecular weight excluding hydrogens is 302 g/mol. The van der Waals surface area contributed by atoms with Crippen LogP contribution in [0.25, 0.3) is 0 Å². The molecule has 0 aliphatic heterocycles. The number of hydrogen-bond donors (Lipinski definition) is 1. The molecule has 4 heteroatoms. The lowest BCUT2D eigenvalue weighted by Gasteiger charge is -2.06. The first-order chi connectivity index (χ1) is 8.25. The second kappa shape index (κ2) is 6.74. The average molecular weight is 319 g/mol. The first-order valence-electron chi connectivity index (χ1n) is 5.98. The standard InChI is InChI=1S/C13H17BrClNO/c14-12-4-3-11(7-13(12)15)8-16-5-6-17-9-10-1-2-10/h3-4,7,10,16H,1-2,5-6,8-9H2. The van der Waals surface area contributed by atoms with Crippen LogP contribution in [0.15, 0.2) is 22.7 Å². The Morgan fingerprint density at radius 1 is 1.41 bits per heavy atom. The lowest BCUT2D eigenvalue weighted by Crippen LogP contribution is -2.19. The zero-order valence-electron chi connectivity index (χ0n) is 9.72. The monoisotopic (exact) mass is 317 g/mol. The first kappa shape index (κ1) is 13.3. The molecule has 1 aliphatic rings. The third-order valence-electron chi connectivity index (χ3n) is 2.79. The SMILES string of the molecule is Clc1cc(CNCCOCC2CC2)ccc1Br. The third-order valence-corrected chi connectivity index (χ3v) is 4.02. The quantitative estimate of drug-likeness (QED) is 0.775. The molecule has 0 unspecified atom stereocenters. The Hall–Kier alpha value is -0.0900. The summed E-state index contributed by atoms with van der Waals surface area (Å²) in [4.78, 5) is 0. The number of nitrogens with one attached hydrogen (secondary N) is 1. The van der Waals surface area contributed by atoms with Crippen LogP contribution in [-0.2, 0) is 11.3 Å². The summed E-state index contributed by atoms with van der Waals surface area (Å²) in [5, 5.41) is 4.10. The van der Waals surface area contributed by atoms with Crippen molar-refractivity contribution in [3.8, 4) is 0 Å². The van der Waals surface area contributed by atoms with Crippen molar-refractivity contribution in [1.82, 2.24) is 5.32 Å². The van der Waals surface area contributed by atoms with Gasteiger partial charge in [-0.2, -0.15) is 0 Å². The van der Waals surface area contributed by atoms with Crippen LogP contribution >= 0.6 is 27.5 Å². The molecule has 1 saturated carbocycles. The third kappa shape index (κ3) is 4.96. The zero-order valence-corrected chi connectivity index (χ0v) is 12.1. The lowest BCUT2D eigenvalue weighted by molar-refractivity contribution is 0.126. The van der Waals surface area contributed by atoms with Crippen LogP contribution in [0.5, 0.6) is 0 Å². The van der Waals surface area contributed by atoms with E-state index in [1.54, 1.807) is 0 Å². The van der Waals surface area contributed by atoms with E-state index in [1.165, 1.54) is 18.4 Å². The van der Waals surface area contributed by atoms with Gasteiger partial charge in [0.25, 0.3) is 0 Å². The van der Waals surface area contributed by atoms with E-state index in [0.717, 1.165) is 41.7 Å². The second-order valence-electron chi connectivity index (χ2n) is 4.44. The minimum Gasteiger partial charge on any atom is -0.380 e. The van der Waals surface area contributed by atoms with Crippen LogP contribution in [-0.4, -0.2) is 19.8 Å². The molecule has 0 bridgehead atoms. The maximum absolute atomic E-state index is 6.02. The van der Waals surface area contributed by atoms with Gasteiger partial charge in [-0.15, -0.1) is 0 Å². The summed E-state index contributed by atoms with van der Waals surface area (Å²) in [5.74, 6) is 0.847. The maximum Gasteiger partial charge on any atom is 0.0591 e. The minimum absolute atomic E-state index is 0.759. The highest BCUT2D eigenvalue weighted by molar-refractivity contribution is 9.10. The van der Waals surface area contributed by atoms with Gasteiger partial charge in [0.05, 0.1) is 11.6 Å². The summed E-state index contributed by atoms with van der Waals surface area (Å²) < 4.78 is 6.48. The van der Waals surface area contributed by atoms with E-state index in [4.69, 9.17) is 16.3 Å². The summed E-state index contributed by atoms with van der Waals surface area (Å²) in [7, 11) is 0. The van der Waals surface area contributed by atoms with Crippen LogP contribution in [0.3, 0.4) is 0 Å². The Bertz CT molecular complexity index is 368. The molecule has 17 heavy (non-hydrogen) atoms. The fourth-order valence-electron chi connectivity index (χ4n) is 1.56. The van der Waals surface area contributed by atoms with Crippen molar-refractivity contribution in [2.75, 3.05) is 19.8 Å². The van der Waals surface area contributed by atoms with Gasteiger partial charge >= 0.3 is 0 Å². The molecule has 0 heterocycles. The predicted octanol–water partition coefficient (Wildman–Crippen LogP) is 3.62. The molecule has 1 aromatic carbocycles. The van der Waals surface area contributed by atoms with Crippen LogP contribution in [0.4, 0.5) is 0 Å². The molecule has 2 nitrogen and oxygen atoms in total. The minimum atomic E-state index is 0.759. The number of ether oxygens (including phenoxy) is 1. The molecule has 0 saturated heterocycles. The highest BCUT2D eigenvalue weighted by atomic mass is 79.9. The predicted molar refractivity (Wildman–Crippen MR) is 74.4 cm³/mol. The molecule has 2 rings (SSSR count). The maximum atomic E-state index is 6.02. The molecule has 0 amide bonds. The van der Waals surface area contributed by atoms with Gasteiger partial charge in [-0.1, -0.05) is 17.7 Å². The highest BCUT2D eigenvalue weighted by Gasteiger charge is 2.20. The van der Waals surface area contributed by atoms with Crippen LogP contribution in [0.1, 0.15) is 18.4 Å². The van der Waals surface area contributed by atoms with E-state index in [-0.39, 0.29) is 0 Å². The summed E-state index contributed by atoms with van der Waals surface area (Å²) >= 11 is 9.40. The van der Waals surface area contributed by atoms with Gasteiger partial charge in [-0.05, 0) is 52.4 Å². The van der Waals surface area contributed by atoms with Crippen LogP contribution < -0.4 is 5.32 Å². The second-order valence-corrected chi connectivity index (χ2v) is 5.71. The lowest BCUT2D eigenvalue weighted by atomic mass is 10.2. The molecule has 0 spiro atoms. The summed E-state index contributed by atoms with van der Waals surface area (Å²) in [6.45, 7) is 3.45. The number of hydrogen-bond acceptors (Lipinski definition) is 2. The molecule has 0 atom stereocenters. The highest BCUT2D eigenvalue weighted by Crippen LogP contribution is 2.28. The Morgan fingerprint density at radius 3 is 2.94 bits per heavy atom. The summed E-state index contributed by atoms with van der Waals surface area (Å²) in [6, 6.07) is 6.01. The van der Waals surface area contributed by atoms with Crippen LogP contribution in [0.2, 0.25) is 5.02 Å². The number of benzene rings is 1. The van der Waals surface area contributed by atoms with Gasteiger partial charge in [-0.25, -0.2) is 0 Å². The van der Waals surface area contributed by atoms with E-state index in [1.807, 2.05) is 12.1 Å². The average Bonchev–Trinajstić information content (AvgIpc) is 3.12. The number of rotatable bonds is 7. The van der Waals surface area contributed by atoms with Crippen molar-refractivity contribution in [2.24, 2.45) is 5.92 Å². The van der Waals surface area contributed by atoms with Crippen molar-refractivity contribution in [1.29, 1.82) is 0 Å². The molecule has 0 aromatic heterocycles. The van der Waals surface area contributed by atoms with E-state index in [0.29, 0.717) is 0 Å².